The second-order valence-corrected chi connectivity index (χ2v) is 7.38. The number of aromatic nitrogens is 1. The molecule has 29 heavy (non-hydrogen) atoms. The van der Waals surface area contributed by atoms with Crippen molar-refractivity contribution in [2.24, 2.45) is 0 Å². The lowest BCUT2D eigenvalue weighted by Crippen LogP contribution is -2.39. The molecule has 7 heteroatoms. The standard InChI is InChI=1S/C22H25ClFN3O2/c1-2-29-21(28)8-7-16-13-19(23)22(25-14-16)26-18-9-11-27(12-10-18)15-17-5-3-4-6-20(17)24/h3-8,13-14,18H,2,9-12,15H2,1H3,(H,25,26)/b8-7+. The topological polar surface area (TPSA) is 54.5 Å². The predicted octanol–water partition coefficient (Wildman–Crippen LogP) is 4.53. The van der Waals surface area contributed by atoms with E-state index in [-0.39, 0.29) is 11.9 Å². The number of esters is 1. The van der Waals surface area contributed by atoms with E-state index in [1.807, 2.05) is 12.1 Å². The number of nitrogens with zero attached hydrogens (tertiary/aromatic N) is 2. The molecule has 2 heterocycles. The van der Waals surface area contributed by atoms with Gasteiger partial charge in [-0.15, -0.1) is 0 Å². The van der Waals surface area contributed by atoms with Crippen molar-refractivity contribution in [3.63, 3.8) is 0 Å². The first-order chi connectivity index (χ1) is 14.0. The summed E-state index contributed by atoms with van der Waals surface area (Å²) in [6.07, 6.45) is 6.50. The predicted molar refractivity (Wildman–Crippen MR) is 113 cm³/mol. The fraction of sp³-hybridized carbons (Fsp3) is 0.364. The van der Waals surface area contributed by atoms with Crippen LogP contribution in [0.25, 0.3) is 6.08 Å². The number of likely N-dealkylation sites (tertiary alicyclic amines) is 1. The average Bonchev–Trinajstić information content (AvgIpc) is 2.71. The molecule has 5 nitrogen and oxygen atoms in total. The van der Waals surface area contributed by atoms with Gasteiger partial charge in [0, 0.05) is 43.5 Å². The minimum Gasteiger partial charge on any atom is -0.463 e. The number of halogens is 2. The van der Waals surface area contributed by atoms with E-state index < -0.39 is 5.97 Å². The van der Waals surface area contributed by atoms with E-state index in [4.69, 9.17) is 16.3 Å². The van der Waals surface area contributed by atoms with Crippen molar-refractivity contribution in [3.05, 3.63) is 64.6 Å². The van der Waals surface area contributed by atoms with E-state index in [2.05, 4.69) is 15.2 Å². The second kappa shape index (κ2) is 10.4. The van der Waals surface area contributed by atoms with Gasteiger partial charge < -0.3 is 10.1 Å². The van der Waals surface area contributed by atoms with Crippen molar-refractivity contribution in [1.82, 2.24) is 9.88 Å². The molecule has 0 aliphatic carbocycles. The zero-order valence-electron chi connectivity index (χ0n) is 16.4. The number of carbonyl (C=O) groups excluding carboxylic acids is 1. The highest BCUT2D eigenvalue weighted by Crippen LogP contribution is 2.24. The summed E-state index contributed by atoms with van der Waals surface area (Å²) < 4.78 is 18.7. The molecule has 1 aliphatic heterocycles. The second-order valence-electron chi connectivity index (χ2n) is 6.97. The lowest BCUT2D eigenvalue weighted by atomic mass is 10.0. The monoisotopic (exact) mass is 417 g/mol. The van der Waals surface area contributed by atoms with Crippen LogP contribution >= 0.6 is 11.6 Å². The van der Waals surface area contributed by atoms with Crippen LogP contribution in [0, 0.1) is 5.82 Å². The van der Waals surface area contributed by atoms with Gasteiger partial charge in [-0.1, -0.05) is 29.8 Å². The van der Waals surface area contributed by atoms with Crippen LogP contribution < -0.4 is 5.32 Å². The molecule has 1 fully saturated rings. The van der Waals surface area contributed by atoms with Crippen LogP contribution in [0.4, 0.5) is 10.2 Å². The van der Waals surface area contributed by atoms with Crippen LogP contribution in [0.1, 0.15) is 30.9 Å². The van der Waals surface area contributed by atoms with E-state index in [0.717, 1.165) is 37.1 Å². The fourth-order valence-corrected chi connectivity index (χ4v) is 3.53. The molecular weight excluding hydrogens is 393 g/mol. The minimum atomic E-state index is -0.395. The van der Waals surface area contributed by atoms with E-state index in [1.54, 1.807) is 31.3 Å². The molecule has 0 radical (unpaired) electrons. The van der Waals surface area contributed by atoms with Crippen LogP contribution in [0.2, 0.25) is 5.02 Å². The molecule has 3 rings (SSSR count). The van der Waals surface area contributed by atoms with Gasteiger partial charge >= 0.3 is 5.97 Å². The molecule has 1 aromatic carbocycles. The van der Waals surface area contributed by atoms with Gasteiger partial charge in [0.05, 0.1) is 11.6 Å². The summed E-state index contributed by atoms with van der Waals surface area (Å²) in [7, 11) is 0. The first-order valence-corrected chi connectivity index (χ1v) is 10.2. The smallest absolute Gasteiger partial charge is 0.330 e. The SMILES string of the molecule is CCOC(=O)/C=C/c1cnc(NC2CCN(Cc3ccccc3F)CC2)c(Cl)c1. The molecule has 0 spiro atoms. The van der Waals surface area contributed by atoms with E-state index in [1.165, 1.54) is 12.1 Å². The van der Waals surface area contributed by atoms with Crippen LogP contribution in [-0.2, 0) is 16.1 Å². The minimum absolute atomic E-state index is 0.152. The molecule has 1 N–H and O–H groups in total. The summed E-state index contributed by atoms with van der Waals surface area (Å²) in [4.78, 5) is 18.0. The van der Waals surface area contributed by atoms with Gasteiger partial charge in [-0.2, -0.15) is 0 Å². The molecule has 2 aromatic rings. The fourth-order valence-electron chi connectivity index (χ4n) is 3.30. The Kier molecular flexibility index (Phi) is 7.61. The Morgan fingerprint density at radius 3 is 2.83 bits per heavy atom. The van der Waals surface area contributed by atoms with Crippen molar-refractivity contribution in [1.29, 1.82) is 0 Å². The van der Waals surface area contributed by atoms with Crippen LogP contribution in [0.15, 0.2) is 42.6 Å². The highest BCUT2D eigenvalue weighted by Gasteiger charge is 2.21. The summed E-state index contributed by atoms with van der Waals surface area (Å²) in [6, 6.07) is 8.94. The Balaban J connectivity index is 1.51. The molecule has 1 aliphatic rings. The molecular formula is C22H25ClFN3O2. The summed E-state index contributed by atoms with van der Waals surface area (Å²) in [5.74, 6) is 0.0845. The van der Waals surface area contributed by atoms with Gasteiger partial charge in [-0.25, -0.2) is 14.2 Å². The van der Waals surface area contributed by atoms with Gasteiger partial charge in [0.2, 0.25) is 0 Å². The summed E-state index contributed by atoms with van der Waals surface area (Å²) >= 11 is 6.35. The van der Waals surface area contributed by atoms with Crippen molar-refractivity contribution in [3.8, 4) is 0 Å². The van der Waals surface area contributed by atoms with Gasteiger partial charge in [0.1, 0.15) is 11.6 Å². The highest BCUT2D eigenvalue weighted by molar-refractivity contribution is 6.33. The van der Waals surface area contributed by atoms with E-state index in [9.17, 15) is 9.18 Å². The lowest BCUT2D eigenvalue weighted by molar-refractivity contribution is -0.137. The van der Waals surface area contributed by atoms with Gasteiger partial charge in [0.15, 0.2) is 0 Å². The molecule has 0 atom stereocenters. The van der Waals surface area contributed by atoms with Crippen molar-refractivity contribution in [2.45, 2.75) is 32.4 Å². The molecule has 0 saturated carbocycles. The number of nitrogens with one attached hydrogen (secondary N) is 1. The molecule has 0 bridgehead atoms. The molecule has 0 unspecified atom stereocenters. The summed E-state index contributed by atoms with van der Waals surface area (Å²) in [6.45, 7) is 4.48. The maximum Gasteiger partial charge on any atom is 0.330 e. The third kappa shape index (κ3) is 6.27. The van der Waals surface area contributed by atoms with Crippen molar-refractivity contribution >= 4 is 29.5 Å². The maximum absolute atomic E-state index is 13.8. The number of hydrogen-bond acceptors (Lipinski definition) is 5. The Morgan fingerprint density at radius 2 is 2.14 bits per heavy atom. The normalized spacial score (nSPS) is 15.6. The molecule has 1 aromatic heterocycles. The number of anilines is 1. The van der Waals surface area contributed by atoms with Gasteiger partial charge in [-0.3, -0.25) is 4.90 Å². The Morgan fingerprint density at radius 1 is 1.38 bits per heavy atom. The summed E-state index contributed by atoms with van der Waals surface area (Å²) in [5.41, 5.74) is 1.46. The number of piperidine rings is 1. The number of rotatable bonds is 7. The molecule has 1 saturated heterocycles. The van der Waals surface area contributed by atoms with E-state index in [0.29, 0.717) is 24.0 Å². The Labute approximate surface area is 175 Å². The third-order valence-electron chi connectivity index (χ3n) is 4.84. The zero-order valence-corrected chi connectivity index (χ0v) is 17.2. The van der Waals surface area contributed by atoms with Crippen molar-refractivity contribution in [2.75, 3.05) is 25.0 Å². The largest absolute Gasteiger partial charge is 0.463 e. The third-order valence-corrected chi connectivity index (χ3v) is 5.13. The number of pyridine rings is 1. The Bertz CT molecular complexity index is 867. The van der Waals surface area contributed by atoms with Gasteiger partial charge in [0.25, 0.3) is 0 Å². The number of benzene rings is 1. The average molecular weight is 418 g/mol. The number of ether oxygens (including phenoxy) is 1. The first kappa shape index (κ1) is 21.3. The zero-order chi connectivity index (χ0) is 20.6. The first-order valence-electron chi connectivity index (χ1n) is 9.78. The Hall–Kier alpha value is -2.44. The van der Waals surface area contributed by atoms with E-state index >= 15 is 0 Å². The number of carbonyl (C=O) groups is 1. The van der Waals surface area contributed by atoms with Gasteiger partial charge in [-0.05, 0) is 43.5 Å². The van der Waals surface area contributed by atoms with Crippen LogP contribution in [-0.4, -0.2) is 41.6 Å². The van der Waals surface area contributed by atoms with Crippen LogP contribution in [0.3, 0.4) is 0 Å². The maximum atomic E-state index is 13.8. The van der Waals surface area contributed by atoms with Crippen molar-refractivity contribution < 1.29 is 13.9 Å². The molecule has 0 amide bonds. The van der Waals surface area contributed by atoms with Crippen LogP contribution in [0.5, 0.6) is 0 Å². The molecule has 154 valence electrons. The number of hydrogen-bond donors (Lipinski definition) is 1. The quantitative estimate of drug-likeness (QED) is 0.530. The summed E-state index contributed by atoms with van der Waals surface area (Å²) in [5, 5.41) is 3.90. The lowest BCUT2D eigenvalue weighted by Gasteiger charge is -2.32. The highest BCUT2D eigenvalue weighted by atomic mass is 35.5.